The van der Waals surface area contributed by atoms with Gasteiger partial charge in [-0.15, -0.1) is 0 Å². The topological polar surface area (TPSA) is 80.6 Å². The lowest BCUT2D eigenvalue weighted by Gasteiger charge is -2.10. The number of rotatable bonds is 4. The van der Waals surface area contributed by atoms with Crippen LogP contribution in [-0.4, -0.2) is 25.9 Å². The van der Waals surface area contributed by atoms with Gasteiger partial charge in [0.25, 0.3) is 0 Å². The first-order valence-corrected chi connectivity index (χ1v) is 4.87. The highest BCUT2D eigenvalue weighted by Gasteiger charge is 2.14. The predicted octanol–water partition coefficient (Wildman–Crippen LogP) is 0.622. The zero-order valence-corrected chi connectivity index (χ0v) is 8.51. The number of nitrogens with zero attached hydrogens (tertiary/aromatic N) is 3. The summed E-state index contributed by atoms with van der Waals surface area (Å²) >= 11 is 1.47. The van der Waals surface area contributed by atoms with Crippen molar-refractivity contribution in [3.8, 4) is 0 Å². The molecule has 3 N–H and O–H groups in total. The number of aromatic nitrogens is 3. The van der Waals surface area contributed by atoms with Gasteiger partial charge in [-0.25, -0.2) is 9.67 Å². The average Bonchev–Trinajstić information content (AvgIpc) is 2.46. The fourth-order valence-corrected chi connectivity index (χ4v) is 1.74. The second-order valence-corrected chi connectivity index (χ2v) is 3.81. The largest absolute Gasteiger partial charge is 0.387 e. The maximum atomic E-state index is 7.32. The molecule has 13 heavy (non-hydrogen) atoms. The van der Waals surface area contributed by atoms with E-state index in [1.54, 1.807) is 4.68 Å². The number of hydrogen-bond acceptors (Lipinski definition) is 4. The molecule has 1 atom stereocenters. The van der Waals surface area contributed by atoms with Gasteiger partial charge in [0.2, 0.25) is 0 Å². The minimum Gasteiger partial charge on any atom is -0.387 e. The van der Waals surface area contributed by atoms with Crippen LogP contribution in [0.5, 0.6) is 0 Å². The summed E-state index contributed by atoms with van der Waals surface area (Å²) in [6, 6.07) is 0. The van der Waals surface area contributed by atoms with Crippen molar-refractivity contribution in [2.45, 2.75) is 23.8 Å². The number of aryl methyl sites for hydroxylation is 1. The van der Waals surface area contributed by atoms with Crippen LogP contribution in [0.3, 0.4) is 0 Å². The molecular weight excluding hydrogens is 186 g/mol. The maximum absolute atomic E-state index is 7.32. The summed E-state index contributed by atoms with van der Waals surface area (Å²) in [4.78, 5) is 4.05. The molecule has 1 heterocycles. The summed E-state index contributed by atoms with van der Waals surface area (Å²) in [5.74, 6) is 0.190. The number of amidine groups is 1. The molecule has 0 aliphatic carbocycles. The molecule has 0 fully saturated rings. The van der Waals surface area contributed by atoms with Crippen LogP contribution in [0.1, 0.15) is 13.3 Å². The SMILES string of the molecule is CCC(Sc1ncnn1C)C(=N)N. The van der Waals surface area contributed by atoms with E-state index in [0.717, 1.165) is 11.6 Å². The molecule has 1 unspecified atom stereocenters. The molecule has 5 nitrogen and oxygen atoms in total. The van der Waals surface area contributed by atoms with Crippen molar-refractivity contribution in [1.29, 1.82) is 5.41 Å². The van der Waals surface area contributed by atoms with Gasteiger partial charge in [-0.2, -0.15) is 5.10 Å². The van der Waals surface area contributed by atoms with E-state index in [0.29, 0.717) is 0 Å². The molecule has 0 radical (unpaired) electrons. The van der Waals surface area contributed by atoms with E-state index in [2.05, 4.69) is 10.1 Å². The molecule has 0 aliphatic rings. The average molecular weight is 199 g/mol. The number of hydrogen-bond donors (Lipinski definition) is 2. The van der Waals surface area contributed by atoms with Crippen molar-refractivity contribution >= 4 is 17.6 Å². The van der Waals surface area contributed by atoms with Gasteiger partial charge >= 0.3 is 0 Å². The highest BCUT2D eigenvalue weighted by Crippen LogP contribution is 2.21. The molecule has 0 spiro atoms. The van der Waals surface area contributed by atoms with Crippen LogP contribution >= 0.6 is 11.8 Å². The second-order valence-electron chi connectivity index (χ2n) is 2.64. The van der Waals surface area contributed by atoms with Gasteiger partial charge in [-0.1, -0.05) is 18.7 Å². The van der Waals surface area contributed by atoms with Gasteiger partial charge < -0.3 is 5.73 Å². The van der Waals surface area contributed by atoms with Crippen LogP contribution in [-0.2, 0) is 7.05 Å². The Morgan fingerprint density at radius 3 is 2.92 bits per heavy atom. The molecule has 6 heteroatoms. The molecule has 1 aromatic rings. The first-order valence-electron chi connectivity index (χ1n) is 3.99. The van der Waals surface area contributed by atoms with E-state index in [-0.39, 0.29) is 11.1 Å². The van der Waals surface area contributed by atoms with Crippen LogP contribution in [0.15, 0.2) is 11.5 Å². The Kier molecular flexibility index (Phi) is 3.30. The normalized spacial score (nSPS) is 12.8. The molecule has 0 aliphatic heterocycles. The van der Waals surface area contributed by atoms with Gasteiger partial charge in [-0.3, -0.25) is 5.41 Å². The van der Waals surface area contributed by atoms with Gasteiger partial charge in [0.05, 0.1) is 5.25 Å². The monoisotopic (exact) mass is 199 g/mol. The Bertz CT molecular complexity index is 295. The van der Waals surface area contributed by atoms with Crippen LogP contribution in [0.25, 0.3) is 0 Å². The molecule has 0 amide bonds. The molecule has 0 aromatic carbocycles. The number of nitrogens with two attached hydrogens (primary N) is 1. The van der Waals surface area contributed by atoms with Gasteiger partial charge in [0.1, 0.15) is 12.2 Å². The van der Waals surface area contributed by atoms with Crippen LogP contribution in [0.2, 0.25) is 0 Å². The minimum atomic E-state index is 0.00269. The summed E-state index contributed by atoms with van der Waals surface area (Å²) in [5.41, 5.74) is 5.42. The van der Waals surface area contributed by atoms with Crippen molar-refractivity contribution in [3.63, 3.8) is 0 Å². The van der Waals surface area contributed by atoms with Crippen LogP contribution in [0.4, 0.5) is 0 Å². The summed E-state index contributed by atoms with van der Waals surface area (Å²) in [6.45, 7) is 2.00. The molecule has 0 saturated carbocycles. The van der Waals surface area contributed by atoms with E-state index < -0.39 is 0 Å². The summed E-state index contributed by atoms with van der Waals surface area (Å²) in [7, 11) is 1.82. The van der Waals surface area contributed by atoms with Crippen LogP contribution < -0.4 is 5.73 Å². The summed E-state index contributed by atoms with van der Waals surface area (Å²) in [5, 5.41) is 12.1. The van der Waals surface area contributed by atoms with Crippen LogP contribution in [0, 0.1) is 5.41 Å². The Hall–Kier alpha value is -1.04. The van der Waals surface area contributed by atoms with Gasteiger partial charge in [0, 0.05) is 7.05 Å². The summed E-state index contributed by atoms with van der Waals surface area (Å²) in [6.07, 6.45) is 2.32. The molecule has 1 aromatic heterocycles. The lowest BCUT2D eigenvalue weighted by molar-refractivity contribution is 0.684. The van der Waals surface area contributed by atoms with Gasteiger partial charge in [0.15, 0.2) is 5.16 Å². The van der Waals surface area contributed by atoms with Crippen molar-refractivity contribution in [2.24, 2.45) is 12.8 Å². The highest BCUT2D eigenvalue weighted by molar-refractivity contribution is 8.00. The second kappa shape index (κ2) is 4.27. The quantitative estimate of drug-likeness (QED) is 0.423. The molecule has 0 bridgehead atoms. The zero-order valence-electron chi connectivity index (χ0n) is 7.69. The third-order valence-corrected chi connectivity index (χ3v) is 3.09. The molecular formula is C7H13N5S. The Labute approximate surface area is 81.2 Å². The van der Waals surface area contributed by atoms with Crippen molar-refractivity contribution in [3.05, 3.63) is 6.33 Å². The lowest BCUT2D eigenvalue weighted by Crippen LogP contribution is -2.24. The third-order valence-electron chi connectivity index (χ3n) is 1.64. The lowest BCUT2D eigenvalue weighted by atomic mass is 10.3. The Morgan fingerprint density at radius 1 is 1.85 bits per heavy atom. The summed E-state index contributed by atoms with van der Waals surface area (Å²) < 4.78 is 1.68. The number of thioether (sulfide) groups is 1. The molecule has 1 rings (SSSR count). The highest BCUT2D eigenvalue weighted by atomic mass is 32.2. The first kappa shape index (κ1) is 10.0. The smallest absolute Gasteiger partial charge is 0.186 e. The standard InChI is InChI=1S/C7H13N5S/c1-3-5(6(8)9)13-7-10-4-11-12(7)2/h4-5H,3H2,1-2H3,(H3,8,9). The minimum absolute atomic E-state index is 0.00269. The Morgan fingerprint density at radius 2 is 2.54 bits per heavy atom. The van der Waals surface area contributed by atoms with E-state index in [1.165, 1.54) is 18.1 Å². The van der Waals surface area contributed by atoms with E-state index in [1.807, 2.05) is 14.0 Å². The van der Waals surface area contributed by atoms with Crippen molar-refractivity contribution < 1.29 is 0 Å². The Balaban J connectivity index is 2.67. The first-order chi connectivity index (χ1) is 6.15. The van der Waals surface area contributed by atoms with E-state index in [9.17, 15) is 0 Å². The van der Waals surface area contributed by atoms with Crippen molar-refractivity contribution in [2.75, 3.05) is 0 Å². The maximum Gasteiger partial charge on any atom is 0.186 e. The van der Waals surface area contributed by atoms with E-state index >= 15 is 0 Å². The van der Waals surface area contributed by atoms with E-state index in [4.69, 9.17) is 11.1 Å². The molecule has 72 valence electrons. The number of nitrogens with one attached hydrogen (secondary N) is 1. The van der Waals surface area contributed by atoms with Gasteiger partial charge in [-0.05, 0) is 6.42 Å². The fraction of sp³-hybridized carbons (Fsp3) is 0.571. The predicted molar refractivity (Wildman–Crippen MR) is 52.9 cm³/mol. The zero-order chi connectivity index (χ0) is 9.84. The van der Waals surface area contributed by atoms with Crippen molar-refractivity contribution in [1.82, 2.24) is 14.8 Å². The molecule has 0 saturated heterocycles. The fourth-order valence-electron chi connectivity index (χ4n) is 0.886. The third kappa shape index (κ3) is 2.45.